The largest absolute Gasteiger partial charge is 0.507 e. The van der Waals surface area contributed by atoms with Crippen molar-refractivity contribution in [1.82, 2.24) is 0 Å². The van der Waals surface area contributed by atoms with Gasteiger partial charge in [0.25, 0.3) is 11.7 Å². The molecule has 1 unspecified atom stereocenters. The summed E-state index contributed by atoms with van der Waals surface area (Å²) in [6.07, 6.45) is 0. The van der Waals surface area contributed by atoms with Crippen molar-refractivity contribution in [3.8, 4) is 5.75 Å². The highest BCUT2D eigenvalue weighted by molar-refractivity contribution is 6.51. The van der Waals surface area contributed by atoms with E-state index in [0.29, 0.717) is 28.5 Å². The Hall–Kier alpha value is -3.35. The second kappa shape index (κ2) is 9.49. The zero-order valence-electron chi connectivity index (χ0n) is 18.3. The lowest BCUT2D eigenvalue weighted by Gasteiger charge is -2.25. The third-order valence-electron chi connectivity index (χ3n) is 5.56. The summed E-state index contributed by atoms with van der Waals surface area (Å²) in [6, 6.07) is 14.3. The molecule has 0 radical (unpaired) electrons. The molecule has 0 saturated carbocycles. The number of aliphatic hydroxyl groups excluding tert-OH is 1. The molecule has 1 atom stereocenters. The van der Waals surface area contributed by atoms with Crippen LogP contribution in [0.4, 0.5) is 10.1 Å². The molecule has 0 aromatic heterocycles. The minimum absolute atomic E-state index is 0.101. The monoisotopic (exact) mass is 499 g/mol. The van der Waals surface area contributed by atoms with E-state index in [-0.39, 0.29) is 22.0 Å². The first kappa shape index (κ1) is 23.8. The molecule has 1 amide bonds. The number of rotatable bonds is 5. The molecule has 1 N–H and O–H groups in total. The molecular weight excluding hydrogens is 480 g/mol. The smallest absolute Gasteiger partial charge is 0.300 e. The number of hydrogen-bond donors (Lipinski definition) is 1. The number of aryl methyl sites for hydroxylation is 1. The van der Waals surface area contributed by atoms with Gasteiger partial charge in [-0.1, -0.05) is 35.3 Å². The van der Waals surface area contributed by atoms with E-state index in [1.165, 1.54) is 17.0 Å². The molecule has 1 aliphatic rings. The summed E-state index contributed by atoms with van der Waals surface area (Å²) in [6.45, 7) is 4.16. The lowest BCUT2D eigenvalue weighted by molar-refractivity contribution is -0.132. The summed E-state index contributed by atoms with van der Waals surface area (Å²) in [5.41, 5.74) is 1.77. The van der Waals surface area contributed by atoms with Crippen molar-refractivity contribution in [3.05, 3.63) is 98.8 Å². The number of carbonyl (C=O) groups is 2. The summed E-state index contributed by atoms with van der Waals surface area (Å²) in [7, 11) is 0. The van der Waals surface area contributed by atoms with Gasteiger partial charge in [-0.25, -0.2) is 4.39 Å². The van der Waals surface area contributed by atoms with Crippen molar-refractivity contribution in [2.45, 2.75) is 19.9 Å². The van der Waals surface area contributed by atoms with Crippen LogP contribution in [0.2, 0.25) is 10.0 Å². The molecule has 5 nitrogen and oxygen atoms in total. The van der Waals surface area contributed by atoms with Crippen molar-refractivity contribution in [3.63, 3.8) is 0 Å². The van der Waals surface area contributed by atoms with Gasteiger partial charge < -0.3 is 9.84 Å². The quantitative estimate of drug-likeness (QED) is 0.248. The minimum Gasteiger partial charge on any atom is -0.507 e. The average molecular weight is 500 g/mol. The third-order valence-corrected chi connectivity index (χ3v) is 6.10. The van der Waals surface area contributed by atoms with Gasteiger partial charge in [-0.3, -0.25) is 14.5 Å². The summed E-state index contributed by atoms with van der Waals surface area (Å²) in [5.74, 6) is -2.08. The van der Waals surface area contributed by atoms with Crippen molar-refractivity contribution in [2.24, 2.45) is 0 Å². The van der Waals surface area contributed by atoms with Gasteiger partial charge in [0, 0.05) is 16.3 Å². The minimum atomic E-state index is -0.981. The molecule has 1 aliphatic heterocycles. The fraction of sp³-hybridized carbons (Fsp3) is 0.154. The van der Waals surface area contributed by atoms with Gasteiger partial charge in [0.2, 0.25) is 0 Å². The van der Waals surface area contributed by atoms with Crippen molar-refractivity contribution >= 4 is 46.3 Å². The van der Waals surface area contributed by atoms with E-state index in [4.69, 9.17) is 27.9 Å². The molecule has 1 fully saturated rings. The highest BCUT2D eigenvalue weighted by Gasteiger charge is 2.47. The van der Waals surface area contributed by atoms with Gasteiger partial charge in [0.05, 0.1) is 23.2 Å². The predicted molar refractivity (Wildman–Crippen MR) is 130 cm³/mol. The first-order chi connectivity index (χ1) is 16.2. The number of carbonyl (C=O) groups excluding carboxylic acids is 2. The fourth-order valence-corrected chi connectivity index (χ4v) is 4.26. The van der Waals surface area contributed by atoms with Crippen LogP contribution in [-0.4, -0.2) is 23.4 Å². The van der Waals surface area contributed by atoms with Gasteiger partial charge in [0.1, 0.15) is 17.3 Å². The first-order valence-electron chi connectivity index (χ1n) is 10.5. The molecule has 0 aliphatic carbocycles. The molecule has 1 heterocycles. The Bertz CT molecular complexity index is 1320. The third kappa shape index (κ3) is 4.27. The SMILES string of the molecule is CCOc1ccc(/C(O)=C2\C(=O)C(=O)N(c3ccc(F)c(Cl)c3)C2c2ccc(Cl)cc2)cc1C. The maximum atomic E-state index is 13.8. The van der Waals surface area contributed by atoms with Gasteiger partial charge in [-0.05, 0) is 73.5 Å². The molecule has 3 aromatic rings. The van der Waals surface area contributed by atoms with E-state index < -0.39 is 23.5 Å². The summed E-state index contributed by atoms with van der Waals surface area (Å²) < 4.78 is 19.3. The lowest BCUT2D eigenvalue weighted by Crippen LogP contribution is -2.29. The van der Waals surface area contributed by atoms with Crippen molar-refractivity contribution in [2.75, 3.05) is 11.5 Å². The second-order valence-corrected chi connectivity index (χ2v) is 8.58. The first-order valence-corrected chi connectivity index (χ1v) is 11.2. The number of nitrogens with zero attached hydrogens (tertiary/aromatic N) is 1. The van der Waals surface area contributed by atoms with E-state index in [1.54, 1.807) is 42.5 Å². The number of halogens is 3. The number of aliphatic hydroxyl groups is 1. The fourth-order valence-electron chi connectivity index (χ4n) is 3.96. The van der Waals surface area contributed by atoms with E-state index in [9.17, 15) is 19.1 Å². The van der Waals surface area contributed by atoms with Gasteiger partial charge >= 0.3 is 0 Å². The van der Waals surface area contributed by atoms with Crippen molar-refractivity contribution < 1.29 is 23.8 Å². The molecule has 1 saturated heterocycles. The summed E-state index contributed by atoms with van der Waals surface area (Å²) in [5, 5.41) is 11.5. The predicted octanol–water partition coefficient (Wildman–Crippen LogP) is 6.47. The highest BCUT2D eigenvalue weighted by Crippen LogP contribution is 2.43. The molecular formula is C26H20Cl2FNO4. The number of ketones is 1. The van der Waals surface area contributed by atoms with Crippen molar-refractivity contribution in [1.29, 1.82) is 0 Å². The van der Waals surface area contributed by atoms with E-state index in [0.717, 1.165) is 11.6 Å². The van der Waals surface area contributed by atoms with Gasteiger partial charge in [-0.2, -0.15) is 0 Å². The summed E-state index contributed by atoms with van der Waals surface area (Å²) in [4.78, 5) is 27.5. The van der Waals surface area contributed by atoms with Crippen LogP contribution in [0.1, 0.15) is 29.7 Å². The van der Waals surface area contributed by atoms with E-state index >= 15 is 0 Å². The zero-order valence-corrected chi connectivity index (χ0v) is 19.8. The van der Waals surface area contributed by atoms with Crippen LogP contribution in [0.5, 0.6) is 5.75 Å². The standard InChI is InChI=1S/C26H20Cl2FNO4/c1-3-34-21-11-6-16(12-14(21)2)24(31)22-23(15-4-7-17(27)8-5-15)30(26(33)25(22)32)18-9-10-20(29)19(28)13-18/h4-13,23,31H,3H2,1-2H3/b24-22+. The van der Waals surface area contributed by atoms with Crippen LogP contribution in [0, 0.1) is 12.7 Å². The Balaban J connectivity index is 1.92. The molecule has 0 bridgehead atoms. The van der Waals surface area contributed by atoms with Crippen LogP contribution >= 0.6 is 23.2 Å². The van der Waals surface area contributed by atoms with E-state index in [2.05, 4.69) is 0 Å². The Labute approximate surface area is 206 Å². The van der Waals surface area contributed by atoms with Crippen LogP contribution < -0.4 is 9.64 Å². The van der Waals surface area contributed by atoms with E-state index in [1.807, 2.05) is 13.8 Å². The molecule has 4 rings (SSSR count). The Morgan fingerprint density at radius 3 is 2.38 bits per heavy atom. The number of hydrogen-bond acceptors (Lipinski definition) is 4. The Morgan fingerprint density at radius 2 is 1.76 bits per heavy atom. The maximum absolute atomic E-state index is 13.8. The number of Topliss-reactive ketones (excluding diaryl/α,β-unsaturated/α-hetero) is 1. The number of amides is 1. The molecule has 3 aromatic carbocycles. The normalized spacial score (nSPS) is 17.3. The molecule has 174 valence electrons. The van der Waals surface area contributed by atoms with Crippen LogP contribution in [0.3, 0.4) is 0 Å². The van der Waals surface area contributed by atoms with Crippen LogP contribution in [0.25, 0.3) is 5.76 Å². The average Bonchev–Trinajstić information content (AvgIpc) is 3.07. The van der Waals surface area contributed by atoms with Crippen LogP contribution in [0.15, 0.2) is 66.2 Å². The van der Waals surface area contributed by atoms with Gasteiger partial charge in [-0.15, -0.1) is 0 Å². The maximum Gasteiger partial charge on any atom is 0.300 e. The highest BCUT2D eigenvalue weighted by atomic mass is 35.5. The second-order valence-electron chi connectivity index (χ2n) is 7.73. The number of ether oxygens (including phenoxy) is 1. The topological polar surface area (TPSA) is 66.8 Å². The van der Waals surface area contributed by atoms with Crippen LogP contribution in [-0.2, 0) is 9.59 Å². The molecule has 0 spiro atoms. The number of anilines is 1. The zero-order chi connectivity index (χ0) is 24.6. The molecule has 34 heavy (non-hydrogen) atoms. The summed E-state index contributed by atoms with van der Waals surface area (Å²) >= 11 is 12.0. The molecule has 8 heteroatoms. The number of benzene rings is 3. The Morgan fingerprint density at radius 1 is 1.06 bits per heavy atom. The van der Waals surface area contributed by atoms with Gasteiger partial charge in [0.15, 0.2) is 0 Å². The lowest BCUT2D eigenvalue weighted by atomic mass is 9.94. The Kier molecular flexibility index (Phi) is 6.64.